The molecule has 0 saturated heterocycles. The highest BCUT2D eigenvalue weighted by molar-refractivity contribution is 7.98. The summed E-state index contributed by atoms with van der Waals surface area (Å²) in [6, 6.07) is 2.11. The molecule has 0 radical (unpaired) electrons. The molecule has 0 aromatic carbocycles. The molecule has 23 heavy (non-hydrogen) atoms. The van der Waals surface area contributed by atoms with Crippen LogP contribution in [-0.2, 0) is 9.47 Å². The Morgan fingerprint density at radius 2 is 2.13 bits per heavy atom. The molecule has 1 aliphatic heterocycles. The second-order valence-electron chi connectivity index (χ2n) is 4.79. The molecule has 1 aromatic rings. The molecule has 0 bridgehead atoms. The van der Waals surface area contributed by atoms with Crippen molar-refractivity contribution in [3.63, 3.8) is 0 Å². The van der Waals surface area contributed by atoms with E-state index in [0.29, 0.717) is 27.8 Å². The average molecular weight is 326 g/mol. The molecule has 2 heterocycles. The summed E-state index contributed by atoms with van der Waals surface area (Å²) in [6.07, 6.45) is 12.6. The molecule has 0 spiro atoms. The summed E-state index contributed by atoms with van der Waals surface area (Å²) in [5, 5.41) is 9.93. The maximum absolute atomic E-state index is 9.42. The van der Waals surface area contributed by atoms with Gasteiger partial charge in [-0.1, -0.05) is 18.2 Å². The molecular formula is C16H14N4O2S. The van der Waals surface area contributed by atoms with Crippen LogP contribution in [0.2, 0.25) is 0 Å². The van der Waals surface area contributed by atoms with Crippen LogP contribution in [0.1, 0.15) is 24.1 Å². The van der Waals surface area contributed by atoms with E-state index < -0.39 is 0 Å². The highest BCUT2D eigenvalue weighted by Crippen LogP contribution is 2.32. The van der Waals surface area contributed by atoms with Gasteiger partial charge in [0.05, 0.1) is 0 Å². The fourth-order valence-corrected chi connectivity index (χ4v) is 2.79. The lowest BCUT2D eigenvalue weighted by molar-refractivity contribution is 0.284. The SMILES string of the molecule is CSc1nc(N)nc(C2=COC=C(C3=CC=CCC3)O2)c1C#N. The Kier molecular flexibility index (Phi) is 4.35. The number of ether oxygens (including phenoxy) is 2. The van der Waals surface area contributed by atoms with Gasteiger partial charge in [-0.15, -0.1) is 11.8 Å². The van der Waals surface area contributed by atoms with Crippen molar-refractivity contribution in [2.75, 3.05) is 12.0 Å². The van der Waals surface area contributed by atoms with Crippen LogP contribution < -0.4 is 5.73 Å². The van der Waals surface area contributed by atoms with Crippen molar-refractivity contribution in [2.24, 2.45) is 0 Å². The third-order valence-corrected chi connectivity index (χ3v) is 4.01. The van der Waals surface area contributed by atoms with Gasteiger partial charge in [0.2, 0.25) is 5.95 Å². The Morgan fingerprint density at radius 3 is 2.83 bits per heavy atom. The Balaban J connectivity index is 1.96. The van der Waals surface area contributed by atoms with Crippen LogP contribution in [0.4, 0.5) is 5.95 Å². The smallest absolute Gasteiger partial charge is 0.221 e. The summed E-state index contributed by atoms with van der Waals surface area (Å²) in [4.78, 5) is 8.23. The molecule has 1 aliphatic carbocycles. The van der Waals surface area contributed by atoms with Crippen LogP contribution in [-0.4, -0.2) is 16.2 Å². The Morgan fingerprint density at radius 1 is 1.30 bits per heavy atom. The molecule has 0 fully saturated rings. The minimum absolute atomic E-state index is 0.0868. The quantitative estimate of drug-likeness (QED) is 0.673. The van der Waals surface area contributed by atoms with Crippen molar-refractivity contribution in [3.8, 4) is 6.07 Å². The van der Waals surface area contributed by atoms with Crippen LogP contribution in [0.15, 0.2) is 47.1 Å². The second kappa shape index (κ2) is 6.58. The lowest BCUT2D eigenvalue weighted by Gasteiger charge is -2.20. The molecule has 1 aromatic heterocycles. The number of nitrogen functional groups attached to an aromatic ring is 1. The first-order chi connectivity index (χ1) is 11.2. The number of hydrogen-bond acceptors (Lipinski definition) is 7. The standard InChI is InChI=1S/C16H14N4O2S/c1-23-15-11(7-17)14(19-16(18)20-15)13-9-21-8-12(22-13)10-5-3-2-4-6-10/h2-3,5,8-9H,4,6H2,1H3,(H2,18,19,20). The van der Waals surface area contributed by atoms with Gasteiger partial charge >= 0.3 is 0 Å². The van der Waals surface area contributed by atoms with Gasteiger partial charge in [0.15, 0.2) is 11.5 Å². The van der Waals surface area contributed by atoms with E-state index in [1.54, 1.807) is 6.26 Å². The molecular weight excluding hydrogens is 312 g/mol. The highest BCUT2D eigenvalue weighted by atomic mass is 32.2. The lowest BCUT2D eigenvalue weighted by Crippen LogP contribution is -2.09. The molecule has 0 atom stereocenters. The summed E-state index contributed by atoms with van der Waals surface area (Å²) < 4.78 is 11.3. The summed E-state index contributed by atoms with van der Waals surface area (Å²) in [6.45, 7) is 0. The van der Waals surface area contributed by atoms with E-state index in [1.807, 2.05) is 18.4 Å². The van der Waals surface area contributed by atoms with Crippen molar-refractivity contribution in [1.82, 2.24) is 9.97 Å². The third kappa shape index (κ3) is 3.07. The zero-order valence-corrected chi connectivity index (χ0v) is 13.3. The number of anilines is 1. The maximum Gasteiger partial charge on any atom is 0.221 e. The fourth-order valence-electron chi connectivity index (χ4n) is 2.26. The van der Waals surface area contributed by atoms with Gasteiger partial charge in [0.1, 0.15) is 34.9 Å². The monoisotopic (exact) mass is 326 g/mol. The van der Waals surface area contributed by atoms with Crippen LogP contribution in [0, 0.1) is 11.3 Å². The number of allylic oxidation sites excluding steroid dienone is 4. The molecule has 116 valence electrons. The molecule has 3 rings (SSSR count). The number of nitriles is 1. The van der Waals surface area contributed by atoms with Crippen LogP contribution in [0.25, 0.3) is 5.76 Å². The first-order valence-electron chi connectivity index (χ1n) is 6.94. The summed E-state index contributed by atoms with van der Waals surface area (Å²) in [5.74, 6) is 1.04. The number of nitrogens with two attached hydrogens (primary N) is 1. The van der Waals surface area contributed by atoms with Gasteiger partial charge in [0.25, 0.3) is 0 Å². The normalized spacial score (nSPS) is 16.4. The largest absolute Gasteiger partial charge is 0.465 e. The van der Waals surface area contributed by atoms with E-state index in [9.17, 15) is 5.26 Å². The summed E-state index contributed by atoms with van der Waals surface area (Å²) in [7, 11) is 0. The predicted molar refractivity (Wildman–Crippen MR) is 87.6 cm³/mol. The van der Waals surface area contributed by atoms with Crippen LogP contribution in [0.5, 0.6) is 0 Å². The molecule has 7 heteroatoms. The number of nitrogens with zero attached hydrogens (tertiary/aromatic N) is 3. The van der Waals surface area contributed by atoms with E-state index in [4.69, 9.17) is 15.2 Å². The van der Waals surface area contributed by atoms with E-state index >= 15 is 0 Å². The molecule has 0 amide bonds. The van der Waals surface area contributed by atoms with Gasteiger partial charge in [-0.3, -0.25) is 0 Å². The zero-order chi connectivity index (χ0) is 16.2. The molecule has 2 aliphatic rings. The molecule has 6 nitrogen and oxygen atoms in total. The van der Waals surface area contributed by atoms with Crippen molar-refractivity contribution in [1.29, 1.82) is 5.26 Å². The third-order valence-electron chi connectivity index (χ3n) is 3.33. The topological polar surface area (TPSA) is 94.1 Å². The van der Waals surface area contributed by atoms with Crippen LogP contribution in [0.3, 0.4) is 0 Å². The number of thioether (sulfide) groups is 1. The molecule has 2 N–H and O–H groups in total. The minimum Gasteiger partial charge on any atom is -0.465 e. The molecule has 0 unspecified atom stereocenters. The van der Waals surface area contributed by atoms with E-state index in [1.165, 1.54) is 18.0 Å². The lowest BCUT2D eigenvalue weighted by atomic mass is 10.0. The van der Waals surface area contributed by atoms with Crippen molar-refractivity contribution in [2.45, 2.75) is 17.9 Å². The predicted octanol–water partition coefficient (Wildman–Crippen LogP) is 3.12. The Bertz CT molecular complexity index is 803. The first-order valence-corrected chi connectivity index (χ1v) is 8.17. The van der Waals surface area contributed by atoms with Crippen molar-refractivity contribution >= 4 is 23.5 Å². The van der Waals surface area contributed by atoms with Crippen LogP contribution >= 0.6 is 11.8 Å². The Labute approximate surface area is 138 Å². The van der Waals surface area contributed by atoms with Gasteiger partial charge in [-0.2, -0.15) is 5.26 Å². The highest BCUT2D eigenvalue weighted by Gasteiger charge is 2.22. The van der Waals surface area contributed by atoms with Crippen molar-refractivity contribution in [3.05, 3.63) is 53.3 Å². The van der Waals surface area contributed by atoms with Crippen molar-refractivity contribution < 1.29 is 9.47 Å². The summed E-state index contributed by atoms with van der Waals surface area (Å²) >= 11 is 1.33. The van der Waals surface area contributed by atoms with Gasteiger partial charge in [-0.25, -0.2) is 9.97 Å². The fraction of sp³-hybridized carbons (Fsp3) is 0.188. The second-order valence-corrected chi connectivity index (χ2v) is 5.58. The summed E-state index contributed by atoms with van der Waals surface area (Å²) in [5.41, 5.74) is 7.43. The average Bonchev–Trinajstić information content (AvgIpc) is 2.61. The van der Waals surface area contributed by atoms with E-state index in [-0.39, 0.29) is 5.95 Å². The number of hydrogen-bond donors (Lipinski definition) is 1. The van der Waals surface area contributed by atoms with E-state index in [0.717, 1.165) is 18.4 Å². The number of aromatic nitrogens is 2. The minimum atomic E-state index is 0.0868. The maximum atomic E-state index is 9.42. The van der Waals surface area contributed by atoms with Gasteiger partial charge in [-0.05, 0) is 24.7 Å². The van der Waals surface area contributed by atoms with E-state index in [2.05, 4.69) is 22.1 Å². The Hall–Kier alpha value is -2.72. The van der Waals surface area contributed by atoms with Gasteiger partial charge in [0, 0.05) is 0 Å². The first kappa shape index (κ1) is 15.2. The van der Waals surface area contributed by atoms with Gasteiger partial charge < -0.3 is 15.2 Å². The molecule has 0 saturated carbocycles. The number of rotatable bonds is 3. The zero-order valence-electron chi connectivity index (χ0n) is 12.4.